The van der Waals surface area contributed by atoms with Gasteiger partial charge in [-0.25, -0.2) is 4.98 Å². The van der Waals surface area contributed by atoms with Crippen molar-refractivity contribution in [1.82, 2.24) is 14.5 Å². The first-order valence-electron chi connectivity index (χ1n) is 9.05. The fourth-order valence-electron chi connectivity index (χ4n) is 3.20. The first-order valence-corrected chi connectivity index (χ1v) is 9.05. The van der Waals surface area contributed by atoms with Crippen LogP contribution in [0, 0.1) is 0 Å². The third-order valence-corrected chi connectivity index (χ3v) is 4.63. The summed E-state index contributed by atoms with van der Waals surface area (Å²) in [7, 11) is 2.00. The fraction of sp³-hybridized carbons (Fsp3) is 0.182. The first kappa shape index (κ1) is 17.1. The molecule has 0 atom stereocenters. The predicted octanol–water partition coefficient (Wildman–Crippen LogP) is 5.38. The lowest BCUT2D eigenvalue weighted by Crippen LogP contribution is -1.94. The Labute approximate surface area is 158 Å². The third kappa shape index (κ3) is 3.49. The molecule has 0 aliphatic carbocycles. The average molecular weight is 355 g/mol. The highest BCUT2D eigenvalue weighted by atomic mass is 15.1. The molecule has 1 aliphatic rings. The van der Waals surface area contributed by atoms with E-state index in [1.54, 1.807) is 0 Å². The summed E-state index contributed by atoms with van der Waals surface area (Å²) in [5, 5.41) is 8.58. The number of pyridine rings is 1. The molecule has 2 aromatic heterocycles. The molecule has 27 heavy (non-hydrogen) atoms. The Morgan fingerprint density at radius 2 is 1.93 bits per heavy atom. The molecule has 0 saturated heterocycles. The molecule has 5 heteroatoms. The van der Waals surface area contributed by atoms with Gasteiger partial charge in [0.2, 0.25) is 0 Å². The molecular weight excluding hydrogens is 334 g/mol. The van der Waals surface area contributed by atoms with Gasteiger partial charge in [0.25, 0.3) is 0 Å². The van der Waals surface area contributed by atoms with Gasteiger partial charge < -0.3 is 4.57 Å². The van der Waals surface area contributed by atoms with Crippen molar-refractivity contribution in [3.8, 4) is 22.6 Å². The monoisotopic (exact) mass is 355 g/mol. The molecule has 1 aliphatic heterocycles. The van der Waals surface area contributed by atoms with Gasteiger partial charge in [0.15, 0.2) is 0 Å². The molecule has 0 spiro atoms. The quantitative estimate of drug-likeness (QED) is 0.631. The van der Waals surface area contributed by atoms with E-state index in [9.17, 15) is 0 Å². The van der Waals surface area contributed by atoms with Crippen LogP contribution in [-0.4, -0.2) is 21.1 Å². The minimum Gasteiger partial charge on any atom is -0.333 e. The number of rotatable bonds is 4. The fourth-order valence-corrected chi connectivity index (χ4v) is 3.20. The summed E-state index contributed by atoms with van der Waals surface area (Å²) in [5.41, 5.74) is 6.83. The lowest BCUT2D eigenvalue weighted by molar-refractivity contribution is 0.839. The lowest BCUT2D eigenvalue weighted by atomic mass is 10.0. The van der Waals surface area contributed by atoms with Crippen LogP contribution >= 0.6 is 0 Å². The molecule has 0 fully saturated rings. The summed E-state index contributed by atoms with van der Waals surface area (Å²) in [6.07, 6.45) is 9.65. The summed E-state index contributed by atoms with van der Waals surface area (Å²) in [5.74, 6) is 0. The second kappa shape index (κ2) is 7.50. The predicted molar refractivity (Wildman–Crippen MR) is 109 cm³/mol. The first-order chi connectivity index (χ1) is 13.3. The van der Waals surface area contributed by atoms with E-state index in [1.165, 1.54) is 0 Å². The Bertz CT molecular complexity index is 1030. The van der Waals surface area contributed by atoms with Gasteiger partial charge >= 0.3 is 0 Å². The van der Waals surface area contributed by atoms with Crippen molar-refractivity contribution in [3.05, 3.63) is 72.7 Å². The molecule has 3 heterocycles. The van der Waals surface area contributed by atoms with Gasteiger partial charge in [-0.05, 0) is 30.5 Å². The number of azo groups is 1. The Morgan fingerprint density at radius 3 is 2.74 bits per heavy atom. The number of hydrogen-bond acceptors (Lipinski definition) is 4. The van der Waals surface area contributed by atoms with Crippen molar-refractivity contribution in [1.29, 1.82) is 0 Å². The maximum atomic E-state index is 4.62. The number of aryl methyl sites for hydroxylation is 1. The number of allylic oxidation sites excluding steroid dienone is 1. The minimum atomic E-state index is 0.781. The Kier molecular flexibility index (Phi) is 4.75. The van der Waals surface area contributed by atoms with Crippen molar-refractivity contribution >= 4 is 11.8 Å². The number of imidazole rings is 1. The smallest absolute Gasteiger partial charge is 0.115 e. The van der Waals surface area contributed by atoms with Gasteiger partial charge in [-0.1, -0.05) is 43.0 Å². The normalized spacial score (nSPS) is 13.9. The third-order valence-electron chi connectivity index (χ3n) is 4.63. The van der Waals surface area contributed by atoms with Crippen molar-refractivity contribution in [3.63, 3.8) is 0 Å². The maximum Gasteiger partial charge on any atom is 0.115 e. The molecular formula is C22H21N5. The van der Waals surface area contributed by atoms with E-state index in [4.69, 9.17) is 0 Å². The molecule has 0 radical (unpaired) electrons. The highest BCUT2D eigenvalue weighted by molar-refractivity contribution is 5.79. The summed E-state index contributed by atoms with van der Waals surface area (Å²) >= 11 is 0. The molecule has 134 valence electrons. The van der Waals surface area contributed by atoms with Crippen LogP contribution < -0.4 is 0 Å². The Hall–Kier alpha value is -3.34. The van der Waals surface area contributed by atoms with Crippen molar-refractivity contribution in [2.24, 2.45) is 17.3 Å². The van der Waals surface area contributed by atoms with Crippen LogP contribution in [0.5, 0.6) is 0 Å². The van der Waals surface area contributed by atoms with E-state index in [1.807, 2.05) is 42.3 Å². The zero-order valence-corrected chi connectivity index (χ0v) is 15.3. The number of benzene rings is 1. The van der Waals surface area contributed by atoms with Gasteiger partial charge in [-0.15, -0.1) is 0 Å². The van der Waals surface area contributed by atoms with Gasteiger partial charge in [0.05, 0.1) is 30.0 Å². The van der Waals surface area contributed by atoms with Crippen LogP contribution in [0.2, 0.25) is 0 Å². The van der Waals surface area contributed by atoms with Crippen LogP contribution in [0.1, 0.15) is 24.0 Å². The topological polar surface area (TPSA) is 55.4 Å². The van der Waals surface area contributed by atoms with Crippen LogP contribution in [-0.2, 0) is 7.05 Å². The number of hydrogen-bond donors (Lipinski definition) is 0. The highest BCUT2D eigenvalue weighted by Crippen LogP contribution is 2.31. The van der Waals surface area contributed by atoms with E-state index < -0.39 is 0 Å². The van der Waals surface area contributed by atoms with Crippen LogP contribution in [0.4, 0.5) is 0 Å². The summed E-state index contributed by atoms with van der Waals surface area (Å²) in [6.45, 7) is 4.60. The molecule has 0 bridgehead atoms. The highest BCUT2D eigenvalue weighted by Gasteiger charge is 2.15. The lowest BCUT2D eigenvalue weighted by Gasteiger charge is -2.08. The molecule has 0 N–H and O–H groups in total. The maximum absolute atomic E-state index is 4.62. The van der Waals surface area contributed by atoms with Gasteiger partial charge in [-0.2, -0.15) is 10.2 Å². The van der Waals surface area contributed by atoms with Gasteiger partial charge in [0.1, 0.15) is 5.69 Å². The minimum absolute atomic E-state index is 0.781. The zero-order valence-electron chi connectivity index (χ0n) is 15.3. The Morgan fingerprint density at radius 1 is 1.07 bits per heavy atom. The summed E-state index contributed by atoms with van der Waals surface area (Å²) in [4.78, 5) is 9.19. The van der Waals surface area contributed by atoms with E-state index in [0.29, 0.717) is 0 Å². The SMILES string of the molecule is C=Cc1ccc(-c2c(-c3cc(C4=CCCCN=N4)ccn3)ncn2C)cc1. The molecule has 3 aromatic rings. The largest absolute Gasteiger partial charge is 0.333 e. The van der Waals surface area contributed by atoms with Crippen LogP contribution in [0.3, 0.4) is 0 Å². The summed E-state index contributed by atoms with van der Waals surface area (Å²) < 4.78 is 2.03. The number of nitrogens with zero attached hydrogens (tertiary/aromatic N) is 5. The van der Waals surface area contributed by atoms with Crippen molar-refractivity contribution < 1.29 is 0 Å². The number of aromatic nitrogens is 3. The molecule has 4 rings (SSSR count). The molecule has 0 amide bonds. The average Bonchev–Trinajstić information content (AvgIpc) is 2.92. The van der Waals surface area contributed by atoms with Crippen LogP contribution in [0.15, 0.2) is 71.8 Å². The van der Waals surface area contributed by atoms with Crippen molar-refractivity contribution in [2.75, 3.05) is 6.54 Å². The van der Waals surface area contributed by atoms with Gasteiger partial charge in [0, 0.05) is 24.4 Å². The van der Waals surface area contributed by atoms with E-state index in [0.717, 1.165) is 58.9 Å². The molecule has 1 aromatic carbocycles. The second-order valence-electron chi connectivity index (χ2n) is 6.51. The standard InChI is InChI=1S/C22H21N5/c1-3-16-7-9-17(10-8-16)22-21(24-15-27(22)2)20-14-18(11-13-23-20)19-6-4-5-12-25-26-19/h3,6-11,13-15H,1,4-5,12H2,2H3. The molecule has 5 nitrogen and oxygen atoms in total. The van der Waals surface area contributed by atoms with Crippen molar-refractivity contribution in [2.45, 2.75) is 12.8 Å². The van der Waals surface area contributed by atoms with Crippen LogP contribution in [0.25, 0.3) is 34.4 Å². The molecule has 0 saturated carbocycles. The van der Waals surface area contributed by atoms with E-state index in [2.05, 4.69) is 57.1 Å². The van der Waals surface area contributed by atoms with E-state index >= 15 is 0 Å². The van der Waals surface area contributed by atoms with Gasteiger partial charge in [-0.3, -0.25) is 4.98 Å². The summed E-state index contributed by atoms with van der Waals surface area (Å²) in [6, 6.07) is 12.3. The second-order valence-corrected chi connectivity index (χ2v) is 6.51. The Balaban J connectivity index is 1.77. The zero-order chi connectivity index (χ0) is 18.6. The van der Waals surface area contributed by atoms with E-state index in [-0.39, 0.29) is 0 Å². The molecule has 0 unspecified atom stereocenters.